The van der Waals surface area contributed by atoms with Crippen LogP contribution in [0.4, 0.5) is 5.69 Å². The number of aliphatic hydroxyl groups is 2. The molecule has 44 nitrogen and oxygen atoms in total. The number of benzene rings is 2. The summed E-state index contributed by atoms with van der Waals surface area (Å²) in [5.74, 6) is -30.3. The van der Waals surface area contributed by atoms with Crippen LogP contribution in [0.2, 0.25) is 0 Å². The van der Waals surface area contributed by atoms with E-state index in [4.69, 9.17) is 21.9 Å². The fraction of sp³-hybridized carbons (Fsp3) is 0.521. The van der Waals surface area contributed by atoms with Crippen LogP contribution in [0.25, 0.3) is 10.9 Å². The Kier molecular flexibility index (Phi) is 38.6. The Balaban J connectivity index is 1.88. The lowest BCUT2D eigenvalue weighted by Gasteiger charge is -2.30. The Bertz CT molecular complexity index is 4060. The number of aromatic amines is 1. The number of carbonyl (C=O) groups excluding carboxylic acids is 16. The number of amides is 14. The van der Waals surface area contributed by atoms with Crippen LogP contribution < -0.4 is 86.3 Å². The Hall–Kier alpha value is -12.7. The van der Waals surface area contributed by atoms with E-state index in [-0.39, 0.29) is 37.1 Å². The molecule has 14 atom stereocenters. The molecule has 26 N–H and O–H groups in total. The van der Waals surface area contributed by atoms with E-state index in [1.54, 1.807) is 24.3 Å². The first-order valence-electron chi connectivity index (χ1n) is 36.4. The molecule has 14 amide bonds. The summed E-state index contributed by atoms with van der Waals surface area (Å²) in [5, 5.41) is 89.0. The number of ether oxygens (including phenoxy) is 1. The normalized spacial score (nSPS) is 21.5. The standard InChI is InChI=1S/C71H99N17O27/c1-5-6-7-8-14-37(90)23-52(93)80-43(22-36-29-75-41-18-12-10-15-38(36)41)65(108)83-44(25-51(74)92)66(109)85-47(28-58(102)103)67(110)88-60-35(4)115-71(114)48(24-50(91)39-16-9-11-17-40(39)73)86-70(113)59(33(2)21-55(96)97)87-68(111)49(32-89)81-54(95)30-76-62(105)45(26-56(98)99)82-61(104)34(3)78-64(107)46(27-57(100)101)84-63(106)42(19-13-20-72)79-53(94)31-77-69(60)112/h9-12,15-18,29,33-35,37,42-49,59-60,75,89-90H,5-8,13-14,19-28,30-32,72-73H2,1-4H3,(H2,74,92)(H,76,105)(H,77,112)(H,78,107)(H,79,94)(H,80,93)(H,81,95)(H,82,104)(H,83,108)(H,84,106)(H,85,109)(H,86,113)(H,87,111)(H,88,110)(H,96,97)(H,98,99)(H,100,101)(H,102,103). The van der Waals surface area contributed by atoms with Crippen molar-refractivity contribution in [1.29, 1.82) is 0 Å². The van der Waals surface area contributed by atoms with E-state index >= 15 is 0 Å². The molecule has 0 saturated carbocycles. The van der Waals surface area contributed by atoms with Crippen LogP contribution in [0, 0.1) is 5.92 Å². The predicted molar refractivity (Wildman–Crippen MR) is 397 cm³/mol. The molecule has 0 bridgehead atoms. The van der Waals surface area contributed by atoms with Gasteiger partial charge in [-0.05, 0) is 69.3 Å². The minimum Gasteiger partial charge on any atom is -0.481 e. The zero-order valence-electron chi connectivity index (χ0n) is 63.2. The summed E-state index contributed by atoms with van der Waals surface area (Å²) in [6, 6.07) is -11.0. The Morgan fingerprint density at radius 3 is 1.72 bits per heavy atom. The van der Waals surface area contributed by atoms with Gasteiger partial charge in [0.1, 0.15) is 72.6 Å². The topological polar surface area (TPSA) is 722 Å². The Labute approximate surface area is 655 Å². The number of H-pyrrole nitrogens is 1. The summed E-state index contributed by atoms with van der Waals surface area (Å²) in [6.07, 6.45) is -6.89. The van der Waals surface area contributed by atoms with Crippen molar-refractivity contribution < 1.29 is 131 Å². The first kappa shape index (κ1) is 94.6. The molecule has 2 heterocycles. The van der Waals surface area contributed by atoms with Crippen molar-refractivity contribution in [2.75, 3.05) is 32.0 Å². The molecule has 1 fully saturated rings. The third kappa shape index (κ3) is 32.1. The monoisotopic (exact) mass is 1620 g/mol. The number of aromatic nitrogens is 1. The molecule has 2 aromatic carbocycles. The van der Waals surface area contributed by atoms with Crippen LogP contribution >= 0.6 is 0 Å². The fourth-order valence-electron chi connectivity index (χ4n) is 11.6. The van der Waals surface area contributed by atoms with E-state index in [9.17, 15) is 127 Å². The first-order valence-corrected chi connectivity index (χ1v) is 36.4. The number of carboxylic acids is 4. The van der Waals surface area contributed by atoms with E-state index in [1.165, 1.54) is 30.5 Å². The number of aliphatic hydroxyl groups excluding tert-OH is 2. The number of hydrogen-bond acceptors (Lipinski definition) is 25. The number of nitrogens with one attached hydrogen (secondary N) is 14. The quantitative estimate of drug-likeness (QED) is 0.0114. The van der Waals surface area contributed by atoms with Gasteiger partial charge in [-0.15, -0.1) is 0 Å². The number of para-hydroxylation sites is 2. The van der Waals surface area contributed by atoms with Crippen molar-refractivity contribution >= 4 is 135 Å². The number of fused-ring (bicyclic) bond motifs is 1. The van der Waals surface area contributed by atoms with E-state index in [0.29, 0.717) is 22.9 Å². The van der Waals surface area contributed by atoms with Crippen LogP contribution in [-0.2, 0) is 102 Å². The van der Waals surface area contributed by atoms with Gasteiger partial charge in [0.05, 0.1) is 64.3 Å². The van der Waals surface area contributed by atoms with E-state index in [2.05, 4.69) is 58.2 Å². The maximum absolute atomic E-state index is 14.8. The van der Waals surface area contributed by atoms with Crippen LogP contribution in [0.15, 0.2) is 54.7 Å². The molecule has 1 saturated heterocycles. The van der Waals surface area contributed by atoms with Crippen molar-refractivity contribution in [3.63, 3.8) is 0 Å². The van der Waals surface area contributed by atoms with Gasteiger partial charge in [0.25, 0.3) is 0 Å². The molecular formula is C71H99N17O27. The molecule has 0 spiro atoms. The molecular weight excluding hydrogens is 1520 g/mol. The van der Waals surface area contributed by atoms with Crippen LogP contribution in [0.3, 0.4) is 0 Å². The largest absolute Gasteiger partial charge is 0.481 e. The van der Waals surface area contributed by atoms with Crippen molar-refractivity contribution in [2.24, 2.45) is 17.4 Å². The molecule has 115 heavy (non-hydrogen) atoms. The molecule has 1 aromatic heterocycles. The van der Waals surface area contributed by atoms with Crippen LogP contribution in [0.5, 0.6) is 0 Å². The van der Waals surface area contributed by atoms with Gasteiger partial charge < -0.3 is 127 Å². The van der Waals surface area contributed by atoms with Gasteiger partial charge in [0, 0.05) is 41.2 Å². The molecule has 1 aliphatic rings. The number of cyclic esters (lactones) is 1. The highest BCUT2D eigenvalue weighted by atomic mass is 16.5. The number of primary amides is 1. The molecule has 44 heteroatoms. The molecule has 3 aromatic rings. The van der Waals surface area contributed by atoms with Gasteiger partial charge >= 0.3 is 29.8 Å². The second kappa shape index (κ2) is 46.9. The number of unbranched alkanes of at least 4 members (excludes halogenated alkanes) is 3. The number of carboxylic acid groups (broad SMARTS) is 4. The Morgan fingerprint density at radius 2 is 1.12 bits per heavy atom. The summed E-state index contributed by atoms with van der Waals surface area (Å²) < 4.78 is 5.67. The highest BCUT2D eigenvalue weighted by molar-refractivity contribution is 6.05. The lowest BCUT2D eigenvalue weighted by molar-refractivity contribution is -0.156. The summed E-state index contributed by atoms with van der Waals surface area (Å²) in [5.41, 5.74) is 17.9. The SMILES string of the molecule is CCCCCCC(O)CC(=O)NC(Cc1c[nH]c2ccccc12)C(=O)NC(CC(N)=O)C(=O)NC(CC(=O)O)C(=O)NC1C(=O)NCC(=O)NC(CCCN)C(=O)NC(CC(=O)O)C(=O)NC(C)C(=O)NC(CC(=O)O)C(=O)NCC(=O)NC(CO)C(=O)NC(C(C)CC(=O)O)C(=O)NC(CC(=O)c2ccccc2N)C(=O)OC1C. The number of rotatable bonds is 34. The third-order valence-electron chi connectivity index (χ3n) is 17.7. The highest BCUT2D eigenvalue weighted by Crippen LogP contribution is 2.22. The summed E-state index contributed by atoms with van der Waals surface area (Å²) in [7, 11) is 0. The van der Waals surface area contributed by atoms with Gasteiger partial charge in [-0.3, -0.25) is 91.1 Å². The first-order chi connectivity index (χ1) is 54.2. The van der Waals surface area contributed by atoms with Crippen molar-refractivity contribution in [3.8, 4) is 0 Å². The van der Waals surface area contributed by atoms with E-state index in [1.807, 2.05) is 22.9 Å². The van der Waals surface area contributed by atoms with Crippen molar-refractivity contribution in [3.05, 3.63) is 65.9 Å². The molecule has 0 aliphatic carbocycles. The fourth-order valence-corrected chi connectivity index (χ4v) is 11.6. The highest BCUT2D eigenvalue weighted by Gasteiger charge is 2.41. The number of esters is 1. The molecule has 1 aliphatic heterocycles. The minimum atomic E-state index is -2.47. The zero-order chi connectivity index (χ0) is 85.9. The lowest BCUT2D eigenvalue weighted by Crippen LogP contribution is -2.62. The lowest BCUT2D eigenvalue weighted by atomic mass is 9.96. The van der Waals surface area contributed by atoms with Gasteiger partial charge in [-0.25, -0.2) is 4.79 Å². The number of nitrogen functional groups attached to an aromatic ring is 1. The number of hydrogen-bond donors (Lipinski definition) is 23. The van der Waals surface area contributed by atoms with Gasteiger partial charge in [0.15, 0.2) is 5.78 Å². The second-order valence-electron chi connectivity index (χ2n) is 27.1. The molecule has 0 radical (unpaired) electrons. The third-order valence-corrected chi connectivity index (χ3v) is 17.7. The number of nitrogens with two attached hydrogens (primary N) is 3. The molecule has 4 rings (SSSR count). The maximum Gasteiger partial charge on any atom is 0.329 e. The number of aliphatic carboxylic acids is 4. The van der Waals surface area contributed by atoms with Gasteiger partial charge in [-0.2, -0.15) is 0 Å². The summed E-state index contributed by atoms with van der Waals surface area (Å²) in [6.45, 7) is 0.965. The van der Waals surface area contributed by atoms with Gasteiger partial charge in [0.2, 0.25) is 82.7 Å². The van der Waals surface area contributed by atoms with Crippen molar-refractivity contribution in [2.45, 2.75) is 203 Å². The van der Waals surface area contributed by atoms with E-state index in [0.717, 1.165) is 40.0 Å². The minimum absolute atomic E-state index is 0.102. The van der Waals surface area contributed by atoms with Crippen LogP contribution in [0.1, 0.15) is 134 Å². The average Bonchev–Trinajstić information content (AvgIpc) is 1.60. The van der Waals surface area contributed by atoms with Crippen LogP contribution in [-0.4, -0.2) is 259 Å². The van der Waals surface area contributed by atoms with E-state index < -0.39 is 274 Å². The number of Topliss-reactive ketones (excluding diaryl/α,β-unsaturated/α-hetero) is 1. The number of anilines is 1. The Morgan fingerprint density at radius 1 is 0.565 bits per heavy atom. The molecule has 14 unspecified atom stereocenters. The maximum atomic E-state index is 14.8. The second-order valence-corrected chi connectivity index (χ2v) is 27.1. The smallest absolute Gasteiger partial charge is 0.329 e. The number of carbonyl (C=O) groups is 20. The predicted octanol–water partition coefficient (Wildman–Crippen LogP) is -7.04. The summed E-state index contributed by atoms with van der Waals surface area (Å²) in [4.78, 5) is 276. The van der Waals surface area contributed by atoms with Gasteiger partial charge in [-0.1, -0.05) is 69.9 Å². The average molecular weight is 1620 g/mol. The zero-order valence-corrected chi connectivity index (χ0v) is 63.2. The molecule has 630 valence electrons. The summed E-state index contributed by atoms with van der Waals surface area (Å²) >= 11 is 0. The number of ketones is 1. The van der Waals surface area contributed by atoms with Crippen molar-refractivity contribution in [1.82, 2.24) is 74.1 Å².